The summed E-state index contributed by atoms with van der Waals surface area (Å²) in [6.07, 6.45) is 8.17. The first-order valence-corrected chi connectivity index (χ1v) is 9.94. The number of hydrogen-bond donors (Lipinski definition) is 1. The molecule has 2 heterocycles. The number of anilines is 1. The van der Waals surface area contributed by atoms with Gasteiger partial charge in [-0.2, -0.15) is 0 Å². The van der Waals surface area contributed by atoms with E-state index < -0.39 is 10.0 Å². The number of rotatable bonds is 4. The molecule has 0 saturated carbocycles. The van der Waals surface area contributed by atoms with E-state index in [1.165, 1.54) is 0 Å². The van der Waals surface area contributed by atoms with E-state index in [9.17, 15) is 8.42 Å². The van der Waals surface area contributed by atoms with Crippen LogP contribution in [-0.2, 0) is 16.4 Å². The Kier molecular flexibility index (Phi) is 4.27. The number of nitrogens with one attached hydrogen (secondary N) is 1. The molecule has 2 aliphatic rings. The van der Waals surface area contributed by atoms with Crippen molar-refractivity contribution < 1.29 is 8.42 Å². The van der Waals surface area contributed by atoms with Crippen molar-refractivity contribution in [2.45, 2.75) is 30.2 Å². The molecule has 0 unspecified atom stereocenters. The van der Waals surface area contributed by atoms with Gasteiger partial charge in [0.15, 0.2) is 0 Å². The highest BCUT2D eigenvalue weighted by atomic mass is 32.2. The van der Waals surface area contributed by atoms with E-state index in [1.807, 2.05) is 6.07 Å². The van der Waals surface area contributed by atoms with Crippen LogP contribution in [0.3, 0.4) is 0 Å². The minimum Gasteiger partial charge on any atom is -0.356 e. The molecule has 1 fully saturated rings. The van der Waals surface area contributed by atoms with Gasteiger partial charge in [0.1, 0.15) is 12.1 Å². The van der Waals surface area contributed by atoms with Crippen molar-refractivity contribution in [3.8, 4) is 0 Å². The Balaban J connectivity index is 1.43. The topological polar surface area (TPSA) is 75.2 Å². The van der Waals surface area contributed by atoms with Crippen LogP contribution in [0, 0.1) is 0 Å². The lowest BCUT2D eigenvalue weighted by atomic mass is 10.1. The summed E-state index contributed by atoms with van der Waals surface area (Å²) in [4.78, 5) is 11.3. The fraction of sp³-hybridized carbons (Fsp3) is 0.333. The van der Waals surface area contributed by atoms with Crippen LogP contribution in [0.2, 0.25) is 0 Å². The van der Waals surface area contributed by atoms with E-state index in [4.69, 9.17) is 0 Å². The molecule has 2 aromatic rings. The Morgan fingerprint density at radius 1 is 1.08 bits per heavy atom. The molecule has 6 nitrogen and oxygen atoms in total. The highest BCUT2D eigenvalue weighted by Gasteiger charge is 2.26. The van der Waals surface area contributed by atoms with E-state index in [0.717, 1.165) is 49.4 Å². The lowest BCUT2D eigenvalue weighted by Crippen LogP contribution is -2.45. The number of hydrogen-bond acceptors (Lipinski definition) is 5. The maximum absolute atomic E-state index is 12.5. The third-order valence-corrected chi connectivity index (χ3v) is 6.25. The number of piperidine rings is 1. The highest BCUT2D eigenvalue weighted by Crippen LogP contribution is 2.28. The van der Waals surface area contributed by atoms with Crippen LogP contribution in [0.15, 0.2) is 47.6 Å². The lowest BCUT2D eigenvalue weighted by molar-refractivity contribution is 0.458. The van der Waals surface area contributed by atoms with Gasteiger partial charge in [-0.15, -0.1) is 0 Å². The number of benzene rings is 1. The smallest absolute Gasteiger partial charge is 0.240 e. The Labute approximate surface area is 147 Å². The molecular formula is C18H20N4O2S. The van der Waals surface area contributed by atoms with Crippen LogP contribution >= 0.6 is 0 Å². The van der Waals surface area contributed by atoms with E-state index in [0.29, 0.717) is 4.90 Å². The van der Waals surface area contributed by atoms with E-state index >= 15 is 0 Å². The van der Waals surface area contributed by atoms with Gasteiger partial charge in [-0.1, -0.05) is 30.4 Å². The molecule has 1 aromatic heterocycles. The number of aromatic nitrogens is 2. The first-order valence-electron chi connectivity index (χ1n) is 8.46. The van der Waals surface area contributed by atoms with Gasteiger partial charge >= 0.3 is 0 Å². The zero-order valence-corrected chi connectivity index (χ0v) is 14.6. The summed E-state index contributed by atoms with van der Waals surface area (Å²) in [7, 11) is -3.46. The number of allylic oxidation sites excluding steroid dienone is 1. The minimum absolute atomic E-state index is 0.0492. The number of nitrogens with zero attached hydrogens (tertiary/aromatic N) is 3. The molecule has 1 aliphatic carbocycles. The number of sulfonamides is 1. The second-order valence-corrected chi connectivity index (χ2v) is 8.07. The molecule has 0 spiro atoms. The standard InChI is InChI=1S/C18H20N4O2S/c23-25(24,15-5-2-1-3-6-15)21-14-9-11-22(12-10-14)18-16-7-4-8-17(16)19-13-20-18/h1-7,13-14,21H,8-12H2. The Hall–Kier alpha value is -2.25. The van der Waals surface area contributed by atoms with Crippen molar-refractivity contribution in [1.29, 1.82) is 0 Å². The van der Waals surface area contributed by atoms with Gasteiger partial charge in [-0.25, -0.2) is 23.1 Å². The van der Waals surface area contributed by atoms with Crippen LogP contribution < -0.4 is 9.62 Å². The van der Waals surface area contributed by atoms with Crippen LogP contribution in [0.4, 0.5) is 5.82 Å². The lowest BCUT2D eigenvalue weighted by Gasteiger charge is -2.33. The van der Waals surface area contributed by atoms with Crippen LogP contribution in [0.25, 0.3) is 6.08 Å². The molecule has 0 atom stereocenters. The van der Waals surface area contributed by atoms with Crippen molar-refractivity contribution >= 4 is 21.9 Å². The molecule has 7 heteroatoms. The highest BCUT2D eigenvalue weighted by molar-refractivity contribution is 7.89. The quantitative estimate of drug-likeness (QED) is 0.907. The van der Waals surface area contributed by atoms with Gasteiger partial charge in [0.05, 0.1) is 10.6 Å². The van der Waals surface area contributed by atoms with Gasteiger partial charge in [0, 0.05) is 31.1 Å². The molecular weight excluding hydrogens is 336 g/mol. The summed E-state index contributed by atoms with van der Waals surface area (Å²) < 4.78 is 27.7. The Bertz CT molecular complexity index is 889. The predicted molar refractivity (Wildman–Crippen MR) is 96.8 cm³/mol. The monoisotopic (exact) mass is 356 g/mol. The van der Waals surface area contributed by atoms with Crippen molar-refractivity contribution in [3.63, 3.8) is 0 Å². The van der Waals surface area contributed by atoms with E-state index in [-0.39, 0.29) is 6.04 Å². The molecule has 25 heavy (non-hydrogen) atoms. The molecule has 1 aromatic carbocycles. The molecule has 4 rings (SSSR count). The molecule has 1 N–H and O–H groups in total. The largest absolute Gasteiger partial charge is 0.356 e. The fourth-order valence-corrected chi connectivity index (χ4v) is 4.72. The molecule has 130 valence electrons. The Morgan fingerprint density at radius 2 is 1.84 bits per heavy atom. The molecule has 0 radical (unpaired) electrons. The molecule has 1 saturated heterocycles. The van der Waals surface area contributed by atoms with Crippen LogP contribution in [0.5, 0.6) is 0 Å². The third-order valence-electron chi connectivity index (χ3n) is 4.71. The maximum Gasteiger partial charge on any atom is 0.240 e. The molecule has 1 aliphatic heterocycles. The summed E-state index contributed by atoms with van der Waals surface area (Å²) in [5.74, 6) is 0.961. The summed E-state index contributed by atoms with van der Waals surface area (Å²) in [5, 5.41) is 0. The number of fused-ring (bicyclic) bond motifs is 1. The van der Waals surface area contributed by atoms with Crippen molar-refractivity contribution in [1.82, 2.24) is 14.7 Å². The maximum atomic E-state index is 12.5. The first-order chi connectivity index (χ1) is 12.1. The minimum atomic E-state index is -3.46. The van der Waals surface area contributed by atoms with Gasteiger partial charge < -0.3 is 4.90 Å². The summed E-state index contributed by atoms with van der Waals surface area (Å²) in [6, 6.07) is 8.47. The van der Waals surface area contributed by atoms with Crippen LogP contribution in [0.1, 0.15) is 24.1 Å². The van der Waals surface area contributed by atoms with Gasteiger partial charge in [-0.3, -0.25) is 0 Å². The van der Waals surface area contributed by atoms with Crippen LogP contribution in [-0.4, -0.2) is 37.5 Å². The summed E-state index contributed by atoms with van der Waals surface area (Å²) in [5.41, 5.74) is 2.17. The normalized spacial score (nSPS) is 17.7. The van der Waals surface area contributed by atoms with E-state index in [2.05, 4.69) is 31.7 Å². The van der Waals surface area contributed by atoms with Crippen molar-refractivity contribution in [3.05, 3.63) is 54.0 Å². The van der Waals surface area contributed by atoms with Crippen molar-refractivity contribution in [2.75, 3.05) is 18.0 Å². The Morgan fingerprint density at radius 3 is 2.60 bits per heavy atom. The molecule has 0 amide bonds. The fourth-order valence-electron chi connectivity index (χ4n) is 3.39. The van der Waals surface area contributed by atoms with Crippen molar-refractivity contribution in [2.24, 2.45) is 0 Å². The SMILES string of the molecule is O=S(=O)(NC1CCN(c2ncnc3c2C=CC3)CC1)c1ccccc1. The third kappa shape index (κ3) is 3.29. The summed E-state index contributed by atoms with van der Waals surface area (Å²) in [6.45, 7) is 1.55. The zero-order chi connectivity index (χ0) is 17.3. The first kappa shape index (κ1) is 16.2. The molecule has 0 bridgehead atoms. The average Bonchev–Trinajstić information content (AvgIpc) is 3.12. The second-order valence-electron chi connectivity index (χ2n) is 6.36. The zero-order valence-electron chi connectivity index (χ0n) is 13.8. The second kappa shape index (κ2) is 6.57. The average molecular weight is 356 g/mol. The predicted octanol–water partition coefficient (Wildman–Crippen LogP) is 1.99. The van der Waals surface area contributed by atoms with Gasteiger partial charge in [-0.05, 0) is 25.0 Å². The summed E-state index contributed by atoms with van der Waals surface area (Å²) >= 11 is 0. The van der Waals surface area contributed by atoms with Gasteiger partial charge in [0.2, 0.25) is 10.0 Å². The van der Waals surface area contributed by atoms with Gasteiger partial charge in [0.25, 0.3) is 0 Å². The van der Waals surface area contributed by atoms with E-state index in [1.54, 1.807) is 30.6 Å².